The quantitative estimate of drug-likeness (QED) is 0.733. The molecule has 0 saturated heterocycles. The number of carbonyl (C=O) groups is 1. The minimum Gasteiger partial charge on any atom is -0.493 e. The molecule has 0 heterocycles. The van der Waals surface area contributed by atoms with Crippen LogP contribution in [0.5, 0.6) is 5.75 Å². The van der Waals surface area contributed by atoms with Crippen molar-refractivity contribution in [2.45, 2.75) is 65.2 Å². The maximum absolute atomic E-state index is 11.9. The van der Waals surface area contributed by atoms with Gasteiger partial charge >= 0.3 is 0 Å². The molecule has 2 rings (SSSR count). The van der Waals surface area contributed by atoms with Gasteiger partial charge in [-0.25, -0.2) is 0 Å². The normalized spacial score (nSPS) is 20.4. The average molecular weight is 274 g/mol. The Bertz CT molecular complexity index is 514. The van der Waals surface area contributed by atoms with Gasteiger partial charge in [0.2, 0.25) is 0 Å². The Hall–Kier alpha value is -1.31. The topological polar surface area (TPSA) is 26.3 Å². The molecule has 0 amide bonds. The van der Waals surface area contributed by atoms with Crippen LogP contribution in [0.2, 0.25) is 0 Å². The van der Waals surface area contributed by atoms with Crippen molar-refractivity contribution >= 4 is 5.78 Å². The number of ether oxygens (including phenoxy) is 1. The first-order valence-electron chi connectivity index (χ1n) is 7.69. The van der Waals surface area contributed by atoms with E-state index in [1.165, 1.54) is 24.0 Å². The van der Waals surface area contributed by atoms with Crippen LogP contribution in [-0.2, 0) is 5.41 Å². The van der Waals surface area contributed by atoms with Crippen molar-refractivity contribution in [3.8, 4) is 5.75 Å². The van der Waals surface area contributed by atoms with Gasteiger partial charge in [0, 0.05) is 0 Å². The summed E-state index contributed by atoms with van der Waals surface area (Å²) >= 11 is 0. The number of carbonyl (C=O) groups excluding carboxylic acids is 1. The number of Topliss-reactive ketones (excluding diaryl/α,β-unsaturated/α-hetero) is 1. The highest BCUT2D eigenvalue weighted by Crippen LogP contribution is 2.44. The summed E-state index contributed by atoms with van der Waals surface area (Å²) in [5.41, 5.74) is 3.59. The third-order valence-electron chi connectivity index (χ3n) is 4.46. The summed E-state index contributed by atoms with van der Waals surface area (Å²) in [7, 11) is 0. The number of rotatable bonds is 4. The smallest absolute Gasteiger partial charge is 0.163 e. The minimum absolute atomic E-state index is 0.0921. The molecule has 1 aromatic rings. The summed E-state index contributed by atoms with van der Waals surface area (Å²) in [4.78, 5) is 11.9. The van der Waals surface area contributed by atoms with Crippen LogP contribution in [0.25, 0.3) is 0 Å². The lowest BCUT2D eigenvalue weighted by molar-refractivity contribution is 0.101. The van der Waals surface area contributed by atoms with Gasteiger partial charge in [0.1, 0.15) is 5.75 Å². The van der Waals surface area contributed by atoms with Gasteiger partial charge < -0.3 is 4.74 Å². The summed E-state index contributed by atoms with van der Waals surface area (Å²) in [5.74, 6) is 1.38. The molecule has 1 aliphatic carbocycles. The monoisotopic (exact) mass is 274 g/mol. The number of hydrogen-bond donors (Lipinski definition) is 0. The number of fused-ring (bicyclic) bond motifs is 1. The molecule has 20 heavy (non-hydrogen) atoms. The second kappa shape index (κ2) is 5.59. The molecule has 0 saturated carbocycles. The number of ketones is 1. The van der Waals surface area contributed by atoms with Crippen LogP contribution in [-0.4, -0.2) is 12.4 Å². The second-order valence-electron chi connectivity index (χ2n) is 6.66. The molecule has 0 bridgehead atoms. The Kier molecular flexibility index (Phi) is 4.22. The van der Waals surface area contributed by atoms with Crippen LogP contribution in [0.1, 0.15) is 81.3 Å². The maximum Gasteiger partial charge on any atom is 0.163 e. The molecular weight excluding hydrogens is 248 g/mol. The fraction of sp³-hybridized carbons (Fsp3) is 0.611. The zero-order chi connectivity index (χ0) is 14.9. The van der Waals surface area contributed by atoms with Crippen molar-refractivity contribution in [3.05, 3.63) is 28.8 Å². The molecule has 1 aromatic carbocycles. The summed E-state index contributed by atoms with van der Waals surface area (Å²) in [5, 5.41) is 0. The van der Waals surface area contributed by atoms with Gasteiger partial charge in [-0.05, 0) is 60.8 Å². The molecular formula is C18H26O2. The van der Waals surface area contributed by atoms with Crippen molar-refractivity contribution in [2.75, 3.05) is 6.61 Å². The molecule has 2 heteroatoms. The zero-order valence-corrected chi connectivity index (χ0v) is 13.4. The molecule has 0 fully saturated rings. The highest BCUT2D eigenvalue weighted by atomic mass is 16.5. The van der Waals surface area contributed by atoms with Crippen molar-refractivity contribution < 1.29 is 9.53 Å². The van der Waals surface area contributed by atoms with Gasteiger partial charge in [0.15, 0.2) is 5.78 Å². The SMILES string of the molecule is CCCOc1cc2c(cc1C(C)=O)C(C)CCC2(C)C. The van der Waals surface area contributed by atoms with Crippen LogP contribution in [0, 0.1) is 0 Å². The Labute approximate surface area is 122 Å². The minimum atomic E-state index is 0.0921. The standard InChI is InChI=1S/C18H26O2/c1-6-9-20-17-11-16-14(10-15(17)13(3)19)12(2)7-8-18(16,4)5/h10-12H,6-9H2,1-5H3. The molecule has 0 aliphatic heterocycles. The number of benzene rings is 1. The van der Waals surface area contributed by atoms with E-state index in [9.17, 15) is 4.79 Å². The van der Waals surface area contributed by atoms with Crippen molar-refractivity contribution in [2.24, 2.45) is 0 Å². The molecule has 2 nitrogen and oxygen atoms in total. The van der Waals surface area contributed by atoms with E-state index in [0.29, 0.717) is 12.5 Å². The van der Waals surface area contributed by atoms with Crippen LogP contribution < -0.4 is 4.74 Å². The highest BCUT2D eigenvalue weighted by Gasteiger charge is 2.32. The molecule has 110 valence electrons. The Morgan fingerprint density at radius 1 is 1.40 bits per heavy atom. The van der Waals surface area contributed by atoms with E-state index >= 15 is 0 Å². The first-order valence-corrected chi connectivity index (χ1v) is 7.69. The fourth-order valence-corrected chi connectivity index (χ4v) is 3.06. The van der Waals surface area contributed by atoms with E-state index < -0.39 is 0 Å². The van der Waals surface area contributed by atoms with Gasteiger partial charge in [0.25, 0.3) is 0 Å². The molecule has 1 aliphatic rings. The van der Waals surface area contributed by atoms with Crippen molar-refractivity contribution in [1.29, 1.82) is 0 Å². The van der Waals surface area contributed by atoms with Crippen molar-refractivity contribution in [1.82, 2.24) is 0 Å². The second-order valence-corrected chi connectivity index (χ2v) is 6.66. The lowest BCUT2D eigenvalue weighted by Crippen LogP contribution is -2.26. The van der Waals surface area contributed by atoms with Gasteiger partial charge in [-0.1, -0.05) is 27.7 Å². The Morgan fingerprint density at radius 3 is 2.70 bits per heavy atom. The third-order valence-corrected chi connectivity index (χ3v) is 4.46. The molecule has 1 atom stereocenters. The van der Waals surface area contributed by atoms with Gasteiger partial charge in [0.05, 0.1) is 12.2 Å². The first kappa shape index (κ1) is 15.1. The van der Waals surface area contributed by atoms with Gasteiger partial charge in [-0.15, -0.1) is 0 Å². The Balaban J connectivity index is 2.56. The van der Waals surface area contributed by atoms with Crippen LogP contribution in [0.15, 0.2) is 12.1 Å². The largest absolute Gasteiger partial charge is 0.493 e. The lowest BCUT2D eigenvalue weighted by atomic mass is 9.68. The van der Waals surface area contributed by atoms with Gasteiger partial charge in [-0.3, -0.25) is 4.79 Å². The molecule has 0 N–H and O–H groups in total. The summed E-state index contributed by atoms with van der Waals surface area (Å²) in [6.45, 7) is 11.2. The predicted octanol–water partition coefficient (Wildman–Crippen LogP) is 4.85. The maximum atomic E-state index is 11.9. The van der Waals surface area contributed by atoms with Crippen LogP contribution in [0.3, 0.4) is 0 Å². The zero-order valence-electron chi connectivity index (χ0n) is 13.4. The Morgan fingerprint density at radius 2 is 2.10 bits per heavy atom. The fourth-order valence-electron chi connectivity index (χ4n) is 3.06. The van der Waals surface area contributed by atoms with Gasteiger partial charge in [-0.2, -0.15) is 0 Å². The molecule has 0 radical (unpaired) electrons. The van der Waals surface area contributed by atoms with E-state index in [1.807, 2.05) is 0 Å². The average Bonchev–Trinajstić information content (AvgIpc) is 2.40. The summed E-state index contributed by atoms with van der Waals surface area (Å²) < 4.78 is 5.82. The summed E-state index contributed by atoms with van der Waals surface area (Å²) in [6.07, 6.45) is 3.33. The molecule has 1 unspecified atom stereocenters. The third kappa shape index (κ3) is 2.74. The van der Waals surface area contributed by atoms with E-state index in [1.54, 1.807) is 6.92 Å². The van der Waals surface area contributed by atoms with E-state index in [0.717, 1.165) is 17.7 Å². The highest BCUT2D eigenvalue weighted by molar-refractivity contribution is 5.97. The molecule has 0 aromatic heterocycles. The van der Waals surface area contributed by atoms with E-state index in [2.05, 4.69) is 39.8 Å². The first-order chi connectivity index (χ1) is 9.36. The van der Waals surface area contributed by atoms with Crippen LogP contribution >= 0.6 is 0 Å². The van der Waals surface area contributed by atoms with E-state index in [-0.39, 0.29) is 11.2 Å². The van der Waals surface area contributed by atoms with E-state index in [4.69, 9.17) is 4.74 Å². The lowest BCUT2D eigenvalue weighted by Gasteiger charge is -2.36. The van der Waals surface area contributed by atoms with Crippen molar-refractivity contribution in [3.63, 3.8) is 0 Å². The molecule has 0 spiro atoms. The van der Waals surface area contributed by atoms with Crippen LogP contribution in [0.4, 0.5) is 0 Å². The number of hydrogen-bond acceptors (Lipinski definition) is 2. The predicted molar refractivity (Wildman–Crippen MR) is 82.9 cm³/mol. The summed E-state index contributed by atoms with van der Waals surface area (Å²) in [6, 6.07) is 4.20.